The number of likely N-dealkylation sites (tertiary alicyclic amines) is 1. The van der Waals surface area contributed by atoms with Gasteiger partial charge in [-0.15, -0.1) is 0 Å². The molecule has 7 heteroatoms. The topological polar surface area (TPSA) is 75.7 Å². The maximum absolute atomic E-state index is 12.3. The predicted molar refractivity (Wildman–Crippen MR) is 80.4 cm³/mol. The first-order valence-corrected chi connectivity index (χ1v) is 9.51. The van der Waals surface area contributed by atoms with E-state index in [2.05, 4.69) is 4.72 Å². The van der Waals surface area contributed by atoms with Gasteiger partial charge >= 0.3 is 0 Å². The summed E-state index contributed by atoms with van der Waals surface area (Å²) in [6, 6.07) is 0. The minimum absolute atomic E-state index is 0.0342. The van der Waals surface area contributed by atoms with Gasteiger partial charge in [0.1, 0.15) is 0 Å². The minimum Gasteiger partial charge on any atom is -0.381 e. The molecule has 2 rings (SSSR count). The normalized spacial score (nSPS) is 30.0. The molecule has 0 radical (unpaired) electrons. The molecule has 1 amide bonds. The second-order valence-corrected chi connectivity index (χ2v) is 8.15. The Kier molecular flexibility index (Phi) is 5.27. The van der Waals surface area contributed by atoms with Crippen LogP contribution < -0.4 is 4.72 Å². The molecule has 1 N–H and O–H groups in total. The molecule has 1 heterocycles. The first kappa shape index (κ1) is 16.7. The number of amides is 1. The van der Waals surface area contributed by atoms with Gasteiger partial charge in [0.25, 0.3) is 0 Å². The molecule has 1 spiro atoms. The number of nitrogens with zero attached hydrogens (tertiary/aromatic N) is 1. The monoisotopic (exact) mass is 318 g/mol. The Morgan fingerprint density at radius 3 is 2.76 bits per heavy atom. The van der Waals surface area contributed by atoms with Crippen LogP contribution >= 0.6 is 0 Å². The zero-order chi connectivity index (χ0) is 15.5. The first-order chi connectivity index (χ1) is 9.86. The van der Waals surface area contributed by atoms with Crippen molar-refractivity contribution in [3.63, 3.8) is 0 Å². The highest BCUT2D eigenvalue weighted by molar-refractivity contribution is 7.88. The van der Waals surface area contributed by atoms with E-state index in [-0.39, 0.29) is 30.4 Å². The molecule has 2 atom stereocenters. The molecular formula is C14H26N2O4S. The molecule has 1 saturated carbocycles. The van der Waals surface area contributed by atoms with Crippen molar-refractivity contribution in [3.8, 4) is 0 Å². The molecule has 0 aromatic heterocycles. The molecule has 122 valence electrons. The third-order valence-electron chi connectivity index (χ3n) is 4.77. The lowest BCUT2D eigenvalue weighted by Gasteiger charge is -2.43. The van der Waals surface area contributed by atoms with Gasteiger partial charge in [0, 0.05) is 38.6 Å². The Labute approximate surface area is 127 Å². The number of ether oxygens (including phenoxy) is 1. The van der Waals surface area contributed by atoms with Gasteiger partial charge in [-0.2, -0.15) is 0 Å². The van der Waals surface area contributed by atoms with Crippen molar-refractivity contribution in [1.82, 2.24) is 9.62 Å². The van der Waals surface area contributed by atoms with Crippen LogP contribution in [0.2, 0.25) is 0 Å². The Balaban J connectivity index is 1.90. The molecule has 6 nitrogen and oxygen atoms in total. The number of hydrogen-bond acceptors (Lipinski definition) is 4. The van der Waals surface area contributed by atoms with Gasteiger partial charge in [0.05, 0.1) is 12.4 Å². The molecule has 1 saturated heterocycles. The summed E-state index contributed by atoms with van der Waals surface area (Å²) >= 11 is 0. The van der Waals surface area contributed by atoms with Crippen molar-refractivity contribution < 1.29 is 17.9 Å². The molecule has 2 aliphatic rings. The Morgan fingerprint density at radius 2 is 2.10 bits per heavy atom. The highest BCUT2D eigenvalue weighted by Crippen LogP contribution is 2.46. The van der Waals surface area contributed by atoms with E-state index in [4.69, 9.17) is 4.74 Å². The number of carbonyl (C=O) groups excluding carboxylic acids is 1. The van der Waals surface area contributed by atoms with Gasteiger partial charge < -0.3 is 9.64 Å². The maximum Gasteiger partial charge on any atom is 0.223 e. The summed E-state index contributed by atoms with van der Waals surface area (Å²) in [5.41, 5.74) is 0.118. The highest BCUT2D eigenvalue weighted by atomic mass is 32.2. The average molecular weight is 318 g/mol. The van der Waals surface area contributed by atoms with Crippen LogP contribution in [-0.4, -0.2) is 58.3 Å². The fraction of sp³-hybridized carbons (Fsp3) is 0.929. The van der Waals surface area contributed by atoms with Crippen LogP contribution in [-0.2, 0) is 19.6 Å². The van der Waals surface area contributed by atoms with Gasteiger partial charge in [-0.25, -0.2) is 13.1 Å². The van der Waals surface area contributed by atoms with E-state index in [1.807, 2.05) is 4.90 Å². The molecule has 0 bridgehead atoms. The standard InChI is InChI=1S/C14H26N2O4S/c1-20-12-5-3-7-14(12)8-4-10-16(11-14)13(17)6-9-15-21(2,18)19/h12,15H,3-11H2,1-2H3/t12-,14-/m1/s1. The van der Waals surface area contributed by atoms with Gasteiger partial charge in [-0.3, -0.25) is 4.79 Å². The molecule has 0 aromatic rings. The molecule has 1 aliphatic carbocycles. The summed E-state index contributed by atoms with van der Waals surface area (Å²) in [6.45, 7) is 1.70. The van der Waals surface area contributed by atoms with E-state index in [0.29, 0.717) is 0 Å². The summed E-state index contributed by atoms with van der Waals surface area (Å²) in [4.78, 5) is 14.2. The van der Waals surface area contributed by atoms with E-state index in [1.165, 1.54) is 0 Å². The van der Waals surface area contributed by atoms with Crippen LogP contribution in [0.4, 0.5) is 0 Å². The predicted octanol–water partition coefficient (Wildman–Crippen LogP) is 0.733. The fourth-order valence-electron chi connectivity index (χ4n) is 3.82. The zero-order valence-electron chi connectivity index (χ0n) is 12.9. The summed E-state index contributed by atoms with van der Waals surface area (Å²) < 4.78 is 30.0. The van der Waals surface area contributed by atoms with Gasteiger partial charge in [-0.05, 0) is 25.7 Å². The lowest BCUT2D eigenvalue weighted by Crippen LogP contribution is -2.50. The Hall–Kier alpha value is -0.660. The van der Waals surface area contributed by atoms with E-state index in [9.17, 15) is 13.2 Å². The minimum atomic E-state index is -3.23. The number of rotatable bonds is 5. The van der Waals surface area contributed by atoms with E-state index >= 15 is 0 Å². The second-order valence-electron chi connectivity index (χ2n) is 6.31. The van der Waals surface area contributed by atoms with E-state index < -0.39 is 10.0 Å². The number of piperidine rings is 1. The second kappa shape index (κ2) is 6.62. The molecule has 1 aliphatic heterocycles. The van der Waals surface area contributed by atoms with Crippen LogP contribution in [0.25, 0.3) is 0 Å². The van der Waals surface area contributed by atoms with Crippen molar-refractivity contribution in [3.05, 3.63) is 0 Å². The van der Waals surface area contributed by atoms with Crippen LogP contribution in [0.5, 0.6) is 0 Å². The number of carbonyl (C=O) groups is 1. The van der Waals surface area contributed by atoms with Crippen LogP contribution in [0.15, 0.2) is 0 Å². The van der Waals surface area contributed by atoms with Gasteiger partial charge in [0.2, 0.25) is 15.9 Å². The smallest absolute Gasteiger partial charge is 0.223 e. The van der Waals surface area contributed by atoms with Crippen LogP contribution in [0.3, 0.4) is 0 Å². The van der Waals surface area contributed by atoms with Crippen molar-refractivity contribution in [2.24, 2.45) is 5.41 Å². The fourth-order valence-corrected chi connectivity index (χ4v) is 4.29. The van der Waals surface area contributed by atoms with Gasteiger partial charge in [-0.1, -0.05) is 6.42 Å². The third-order valence-corrected chi connectivity index (χ3v) is 5.50. The first-order valence-electron chi connectivity index (χ1n) is 7.61. The largest absolute Gasteiger partial charge is 0.381 e. The van der Waals surface area contributed by atoms with E-state index in [1.54, 1.807) is 7.11 Å². The van der Waals surface area contributed by atoms with Crippen molar-refractivity contribution in [2.45, 2.75) is 44.6 Å². The Bertz CT molecular complexity index is 479. The Morgan fingerprint density at radius 1 is 1.38 bits per heavy atom. The molecule has 0 unspecified atom stereocenters. The third kappa shape index (κ3) is 4.17. The molecule has 0 aromatic carbocycles. The number of nitrogens with one attached hydrogen (secondary N) is 1. The van der Waals surface area contributed by atoms with Crippen molar-refractivity contribution in [2.75, 3.05) is 33.0 Å². The van der Waals surface area contributed by atoms with Crippen molar-refractivity contribution >= 4 is 15.9 Å². The lowest BCUT2D eigenvalue weighted by atomic mass is 9.76. The number of hydrogen-bond donors (Lipinski definition) is 1. The highest BCUT2D eigenvalue weighted by Gasteiger charge is 2.46. The summed E-state index contributed by atoms with van der Waals surface area (Å²) in [7, 11) is -1.47. The quantitative estimate of drug-likeness (QED) is 0.811. The van der Waals surface area contributed by atoms with Crippen LogP contribution in [0, 0.1) is 5.41 Å². The van der Waals surface area contributed by atoms with Gasteiger partial charge in [0.15, 0.2) is 0 Å². The molecule has 2 fully saturated rings. The number of methoxy groups -OCH3 is 1. The maximum atomic E-state index is 12.3. The van der Waals surface area contributed by atoms with Crippen LogP contribution in [0.1, 0.15) is 38.5 Å². The lowest BCUT2D eigenvalue weighted by molar-refractivity contribution is -0.137. The number of sulfonamides is 1. The van der Waals surface area contributed by atoms with Crippen molar-refractivity contribution in [1.29, 1.82) is 0 Å². The zero-order valence-corrected chi connectivity index (χ0v) is 13.7. The van der Waals surface area contributed by atoms with E-state index in [0.717, 1.165) is 51.4 Å². The summed E-state index contributed by atoms with van der Waals surface area (Å²) in [6.07, 6.45) is 7.07. The summed E-state index contributed by atoms with van der Waals surface area (Å²) in [5, 5.41) is 0. The SMILES string of the molecule is CO[C@@H]1CCC[C@]12CCCN(C(=O)CCNS(C)(=O)=O)C2. The molecule has 21 heavy (non-hydrogen) atoms. The summed E-state index contributed by atoms with van der Waals surface area (Å²) in [5.74, 6) is 0.0342. The molecular weight excluding hydrogens is 292 g/mol. The average Bonchev–Trinajstić information content (AvgIpc) is 2.79.